The van der Waals surface area contributed by atoms with Crippen molar-refractivity contribution < 1.29 is 19.1 Å². The molecule has 7 nitrogen and oxygen atoms in total. The summed E-state index contributed by atoms with van der Waals surface area (Å²) < 4.78 is 10.5. The molecule has 0 aliphatic carbocycles. The van der Waals surface area contributed by atoms with Crippen molar-refractivity contribution in [2.45, 2.75) is 32.6 Å². The summed E-state index contributed by atoms with van der Waals surface area (Å²) in [5, 5.41) is 17.9. The number of esters is 1. The van der Waals surface area contributed by atoms with Crippen molar-refractivity contribution in [1.82, 2.24) is 4.90 Å². The van der Waals surface area contributed by atoms with Crippen LogP contribution in [-0.4, -0.2) is 43.1 Å². The Morgan fingerprint density at radius 3 is 2.44 bits per heavy atom. The standard InChI is InChI=1S/C19H22ClN3O4/c1-15-13-16(6-7-17(15)20)26-12-2-5-19(25)27-14-18(24)23(10-3-8-21)11-4-9-22/h6-7,13H,2-5,10-12,14H2,1H3. The van der Waals surface area contributed by atoms with Crippen LogP contribution in [0, 0.1) is 29.6 Å². The molecule has 0 unspecified atom stereocenters. The van der Waals surface area contributed by atoms with Gasteiger partial charge >= 0.3 is 5.97 Å². The van der Waals surface area contributed by atoms with Crippen LogP contribution in [0.15, 0.2) is 18.2 Å². The third-order valence-electron chi connectivity index (χ3n) is 3.62. The predicted octanol–water partition coefficient (Wildman–Crippen LogP) is 3.01. The second-order valence-corrected chi connectivity index (χ2v) is 6.13. The molecule has 0 fully saturated rings. The number of carbonyl (C=O) groups excluding carboxylic acids is 2. The van der Waals surface area contributed by atoms with Crippen molar-refractivity contribution in [1.29, 1.82) is 10.5 Å². The van der Waals surface area contributed by atoms with Crippen LogP contribution in [0.5, 0.6) is 5.75 Å². The molecule has 0 N–H and O–H groups in total. The number of nitriles is 2. The lowest BCUT2D eigenvalue weighted by Crippen LogP contribution is -2.36. The Labute approximate surface area is 164 Å². The summed E-state index contributed by atoms with van der Waals surface area (Å²) >= 11 is 5.94. The lowest BCUT2D eigenvalue weighted by atomic mass is 10.2. The molecular formula is C19H22ClN3O4. The van der Waals surface area contributed by atoms with Gasteiger partial charge in [-0.05, 0) is 37.1 Å². The van der Waals surface area contributed by atoms with E-state index in [1.807, 2.05) is 25.1 Å². The smallest absolute Gasteiger partial charge is 0.306 e. The first kappa shape index (κ1) is 22.3. The molecule has 0 atom stereocenters. The topological polar surface area (TPSA) is 103 Å². The van der Waals surface area contributed by atoms with Gasteiger partial charge in [-0.25, -0.2) is 0 Å². The fraction of sp³-hybridized carbons (Fsp3) is 0.474. The lowest BCUT2D eigenvalue weighted by Gasteiger charge is -2.20. The normalized spacial score (nSPS) is 9.78. The largest absolute Gasteiger partial charge is 0.494 e. The monoisotopic (exact) mass is 391 g/mol. The summed E-state index contributed by atoms with van der Waals surface area (Å²) in [6.45, 7) is 2.24. The summed E-state index contributed by atoms with van der Waals surface area (Å²) in [6, 6.07) is 9.20. The molecule has 0 heterocycles. The number of halogens is 1. The van der Waals surface area contributed by atoms with E-state index in [2.05, 4.69) is 0 Å². The average molecular weight is 392 g/mol. The Balaban J connectivity index is 2.28. The predicted molar refractivity (Wildman–Crippen MR) is 98.9 cm³/mol. The number of hydrogen-bond acceptors (Lipinski definition) is 6. The van der Waals surface area contributed by atoms with E-state index in [1.165, 1.54) is 4.90 Å². The highest BCUT2D eigenvalue weighted by Gasteiger charge is 2.15. The fourth-order valence-corrected chi connectivity index (χ4v) is 2.27. The summed E-state index contributed by atoms with van der Waals surface area (Å²) in [7, 11) is 0. The number of carbonyl (C=O) groups is 2. The number of aryl methyl sites for hydroxylation is 1. The van der Waals surface area contributed by atoms with E-state index < -0.39 is 18.5 Å². The zero-order valence-electron chi connectivity index (χ0n) is 15.2. The molecule has 144 valence electrons. The summed E-state index contributed by atoms with van der Waals surface area (Å²) in [5.74, 6) is -0.243. The molecule has 8 heteroatoms. The molecule has 0 saturated heterocycles. The highest BCUT2D eigenvalue weighted by Crippen LogP contribution is 2.21. The van der Waals surface area contributed by atoms with Gasteiger partial charge in [0, 0.05) is 24.5 Å². The zero-order chi connectivity index (χ0) is 20.1. The summed E-state index contributed by atoms with van der Waals surface area (Å²) in [5.41, 5.74) is 0.907. The van der Waals surface area contributed by atoms with Crippen molar-refractivity contribution in [3.63, 3.8) is 0 Å². The van der Waals surface area contributed by atoms with Crippen LogP contribution in [0.3, 0.4) is 0 Å². The first-order chi connectivity index (χ1) is 13.0. The Bertz CT molecular complexity index is 707. The molecule has 0 radical (unpaired) electrons. The molecule has 27 heavy (non-hydrogen) atoms. The van der Waals surface area contributed by atoms with Crippen LogP contribution >= 0.6 is 11.6 Å². The number of nitrogens with zero attached hydrogens (tertiary/aromatic N) is 3. The van der Waals surface area contributed by atoms with Gasteiger partial charge in [0.25, 0.3) is 5.91 Å². The van der Waals surface area contributed by atoms with E-state index in [4.69, 9.17) is 31.6 Å². The Hall–Kier alpha value is -2.77. The van der Waals surface area contributed by atoms with E-state index in [0.29, 0.717) is 23.8 Å². The average Bonchev–Trinajstić information content (AvgIpc) is 2.66. The Morgan fingerprint density at radius 2 is 1.85 bits per heavy atom. The van der Waals surface area contributed by atoms with Gasteiger partial charge in [0.15, 0.2) is 6.61 Å². The van der Waals surface area contributed by atoms with Gasteiger partial charge in [-0.2, -0.15) is 10.5 Å². The molecular weight excluding hydrogens is 370 g/mol. The molecule has 1 amide bonds. The van der Waals surface area contributed by atoms with Gasteiger partial charge in [0.1, 0.15) is 5.75 Å². The molecule has 1 aromatic carbocycles. The van der Waals surface area contributed by atoms with E-state index in [1.54, 1.807) is 12.1 Å². The van der Waals surface area contributed by atoms with Crippen molar-refractivity contribution in [2.75, 3.05) is 26.3 Å². The lowest BCUT2D eigenvalue weighted by molar-refractivity contribution is -0.152. The van der Waals surface area contributed by atoms with Crippen LogP contribution in [-0.2, 0) is 14.3 Å². The second kappa shape index (κ2) is 12.6. The van der Waals surface area contributed by atoms with Crippen molar-refractivity contribution in [3.8, 4) is 17.9 Å². The number of amides is 1. The number of hydrogen-bond donors (Lipinski definition) is 0. The van der Waals surface area contributed by atoms with Crippen molar-refractivity contribution >= 4 is 23.5 Å². The molecule has 0 saturated carbocycles. The third-order valence-corrected chi connectivity index (χ3v) is 4.04. The highest BCUT2D eigenvalue weighted by atomic mass is 35.5. The van der Waals surface area contributed by atoms with Crippen LogP contribution in [0.25, 0.3) is 0 Å². The Kier molecular flexibility index (Phi) is 10.4. The molecule has 0 aliphatic heterocycles. The van der Waals surface area contributed by atoms with Gasteiger partial charge in [-0.15, -0.1) is 0 Å². The maximum atomic E-state index is 12.0. The van der Waals surface area contributed by atoms with Crippen LogP contribution < -0.4 is 4.74 Å². The van der Waals surface area contributed by atoms with Crippen molar-refractivity contribution in [2.24, 2.45) is 0 Å². The van der Waals surface area contributed by atoms with E-state index in [9.17, 15) is 9.59 Å². The first-order valence-electron chi connectivity index (χ1n) is 8.54. The molecule has 0 aromatic heterocycles. The van der Waals surface area contributed by atoms with Crippen LogP contribution in [0.4, 0.5) is 0 Å². The Morgan fingerprint density at radius 1 is 1.19 bits per heavy atom. The minimum Gasteiger partial charge on any atom is -0.494 e. The maximum Gasteiger partial charge on any atom is 0.306 e. The third kappa shape index (κ3) is 8.94. The van der Waals surface area contributed by atoms with Gasteiger partial charge in [-0.3, -0.25) is 9.59 Å². The van der Waals surface area contributed by atoms with Crippen molar-refractivity contribution in [3.05, 3.63) is 28.8 Å². The fourth-order valence-electron chi connectivity index (χ4n) is 2.15. The first-order valence-corrected chi connectivity index (χ1v) is 8.92. The molecule has 1 rings (SSSR count). The number of benzene rings is 1. The summed E-state index contributed by atoms with van der Waals surface area (Å²) in [6.07, 6.45) is 0.886. The number of rotatable bonds is 11. The molecule has 0 bridgehead atoms. The SMILES string of the molecule is Cc1cc(OCCCC(=O)OCC(=O)N(CCC#N)CCC#N)ccc1Cl. The molecule has 1 aromatic rings. The maximum absolute atomic E-state index is 12.0. The van der Waals surface area contributed by atoms with Gasteiger partial charge in [0.05, 0.1) is 31.6 Å². The molecule has 0 aliphatic rings. The quantitative estimate of drug-likeness (QED) is 0.424. The number of ether oxygens (including phenoxy) is 2. The van der Waals surface area contributed by atoms with Gasteiger partial charge in [-0.1, -0.05) is 11.6 Å². The van der Waals surface area contributed by atoms with Gasteiger partial charge in [0.2, 0.25) is 0 Å². The second-order valence-electron chi connectivity index (χ2n) is 5.72. The molecule has 0 spiro atoms. The van der Waals surface area contributed by atoms with Gasteiger partial charge < -0.3 is 14.4 Å². The highest BCUT2D eigenvalue weighted by molar-refractivity contribution is 6.31. The summed E-state index contributed by atoms with van der Waals surface area (Å²) in [4.78, 5) is 25.1. The van der Waals surface area contributed by atoms with E-state index >= 15 is 0 Å². The van der Waals surface area contributed by atoms with Crippen LogP contribution in [0.1, 0.15) is 31.2 Å². The zero-order valence-corrected chi connectivity index (χ0v) is 16.0. The van der Waals surface area contributed by atoms with Crippen LogP contribution in [0.2, 0.25) is 5.02 Å². The van der Waals surface area contributed by atoms with E-state index in [-0.39, 0.29) is 32.4 Å². The minimum atomic E-state index is -0.500. The minimum absolute atomic E-state index is 0.121. The van der Waals surface area contributed by atoms with E-state index in [0.717, 1.165) is 5.56 Å².